The average molecular weight is 442 g/mol. The number of para-hydroxylation sites is 1. The zero-order valence-electron chi connectivity index (χ0n) is 17.2. The highest BCUT2D eigenvalue weighted by molar-refractivity contribution is 6.32. The minimum Gasteiger partial charge on any atom is -0.495 e. The molecule has 0 radical (unpaired) electrons. The number of amides is 2. The van der Waals surface area contributed by atoms with Crippen molar-refractivity contribution >= 4 is 40.7 Å². The van der Waals surface area contributed by atoms with Crippen molar-refractivity contribution in [1.29, 1.82) is 0 Å². The Labute approximate surface area is 185 Å². The Morgan fingerprint density at radius 3 is 2.58 bits per heavy atom. The molecule has 2 heterocycles. The lowest BCUT2D eigenvalue weighted by molar-refractivity contribution is -0.123. The quantitative estimate of drug-likeness (QED) is 0.740. The molecule has 2 aromatic carbocycles. The number of methoxy groups -OCH3 is 1. The second kappa shape index (κ2) is 9.26. The lowest BCUT2D eigenvalue weighted by atomic mass is 10.2. The van der Waals surface area contributed by atoms with Crippen molar-refractivity contribution < 1.29 is 14.3 Å². The van der Waals surface area contributed by atoms with Crippen LogP contribution in [0.2, 0.25) is 5.02 Å². The fourth-order valence-electron chi connectivity index (χ4n) is 3.68. The minimum atomic E-state index is -0.670. The number of carbonyl (C=O) groups is 2. The van der Waals surface area contributed by atoms with E-state index in [1.54, 1.807) is 18.2 Å². The molecule has 162 valence electrons. The summed E-state index contributed by atoms with van der Waals surface area (Å²) >= 11 is 6.01. The van der Waals surface area contributed by atoms with Gasteiger partial charge in [-0.05, 0) is 24.3 Å². The predicted octanol–water partition coefficient (Wildman–Crippen LogP) is 2.35. The first-order valence-corrected chi connectivity index (χ1v) is 10.5. The molecule has 2 amide bonds. The Morgan fingerprint density at radius 2 is 1.87 bits per heavy atom. The van der Waals surface area contributed by atoms with E-state index in [0.29, 0.717) is 22.4 Å². The van der Waals surface area contributed by atoms with Crippen LogP contribution in [0.15, 0.2) is 53.5 Å². The maximum absolute atomic E-state index is 12.4. The summed E-state index contributed by atoms with van der Waals surface area (Å²) in [7, 11) is 1.51. The molecule has 0 bridgehead atoms. The molecule has 0 saturated carbocycles. The number of guanidine groups is 1. The topological polar surface area (TPSA) is 86.3 Å². The number of ether oxygens (including phenoxy) is 1. The summed E-state index contributed by atoms with van der Waals surface area (Å²) in [5.41, 5.74) is 1.74. The molecule has 2 aromatic rings. The number of nitrogens with one attached hydrogen (secondary N) is 2. The van der Waals surface area contributed by atoms with Crippen LogP contribution in [0.1, 0.15) is 6.42 Å². The molecule has 1 unspecified atom stereocenters. The van der Waals surface area contributed by atoms with Gasteiger partial charge >= 0.3 is 0 Å². The van der Waals surface area contributed by atoms with Gasteiger partial charge in [0.15, 0.2) is 0 Å². The molecule has 8 nitrogen and oxygen atoms in total. The lowest BCUT2D eigenvalue weighted by Crippen LogP contribution is -2.52. The summed E-state index contributed by atoms with van der Waals surface area (Å²) in [5.74, 6) is 0.392. The molecule has 1 atom stereocenters. The Bertz CT molecular complexity index is 990. The molecule has 9 heteroatoms. The third-order valence-corrected chi connectivity index (χ3v) is 5.65. The van der Waals surface area contributed by atoms with Crippen molar-refractivity contribution in [2.24, 2.45) is 4.99 Å². The number of benzene rings is 2. The SMILES string of the molecule is COc1cc(NC(=O)CC2NC(N3CCN(c4ccccc4)CC3)=NC2=O)ccc1Cl. The molecule has 1 saturated heterocycles. The van der Waals surface area contributed by atoms with Crippen molar-refractivity contribution in [3.63, 3.8) is 0 Å². The first-order chi connectivity index (χ1) is 15.0. The van der Waals surface area contributed by atoms with Gasteiger partial charge in [-0.3, -0.25) is 9.59 Å². The molecule has 2 aliphatic heterocycles. The Hall–Kier alpha value is -3.26. The van der Waals surface area contributed by atoms with Crippen molar-refractivity contribution in [3.8, 4) is 5.75 Å². The highest BCUT2D eigenvalue weighted by atomic mass is 35.5. The molecule has 2 N–H and O–H groups in total. The predicted molar refractivity (Wildman–Crippen MR) is 121 cm³/mol. The summed E-state index contributed by atoms with van der Waals surface area (Å²) in [6, 6.07) is 14.5. The molecular formula is C22H24ClN5O3. The molecule has 1 fully saturated rings. The maximum atomic E-state index is 12.4. The third-order valence-electron chi connectivity index (χ3n) is 5.34. The Kier molecular flexibility index (Phi) is 6.27. The van der Waals surface area contributed by atoms with Crippen molar-refractivity contribution in [2.75, 3.05) is 43.5 Å². The van der Waals surface area contributed by atoms with E-state index in [9.17, 15) is 9.59 Å². The first kappa shape index (κ1) is 21.0. The van der Waals surface area contributed by atoms with Crippen LogP contribution < -0.4 is 20.3 Å². The molecule has 31 heavy (non-hydrogen) atoms. The van der Waals surface area contributed by atoms with Gasteiger partial charge in [-0.15, -0.1) is 0 Å². The standard InChI is InChI=1S/C22H24ClN5O3/c1-31-19-13-15(7-8-17(19)23)24-20(29)14-18-21(30)26-22(25-18)28-11-9-27(10-12-28)16-5-3-2-4-6-16/h2-8,13,18H,9-12,14H2,1H3,(H,24,29)(H,25,26,30). The molecule has 0 aromatic heterocycles. The number of hydrogen-bond donors (Lipinski definition) is 2. The van der Waals surface area contributed by atoms with Gasteiger partial charge in [0.1, 0.15) is 11.8 Å². The van der Waals surface area contributed by atoms with Crippen LogP contribution in [0, 0.1) is 0 Å². The third kappa shape index (κ3) is 4.91. The molecule has 0 spiro atoms. The largest absolute Gasteiger partial charge is 0.495 e. The lowest BCUT2D eigenvalue weighted by Gasteiger charge is -2.37. The van der Waals surface area contributed by atoms with E-state index >= 15 is 0 Å². The normalized spacial score (nSPS) is 18.5. The van der Waals surface area contributed by atoms with Crippen LogP contribution >= 0.6 is 11.6 Å². The second-order valence-electron chi connectivity index (χ2n) is 7.38. The second-order valence-corrected chi connectivity index (χ2v) is 7.79. The van der Waals surface area contributed by atoms with Crippen LogP contribution in [-0.2, 0) is 9.59 Å². The van der Waals surface area contributed by atoms with Gasteiger partial charge in [0.25, 0.3) is 5.91 Å². The van der Waals surface area contributed by atoms with Crippen LogP contribution in [-0.4, -0.2) is 62.0 Å². The summed E-state index contributed by atoms with van der Waals surface area (Å²) < 4.78 is 5.16. The number of hydrogen-bond acceptors (Lipinski definition) is 6. The number of aliphatic imine (C=N–C) groups is 1. The smallest absolute Gasteiger partial charge is 0.271 e. The average Bonchev–Trinajstić information content (AvgIpc) is 3.15. The number of carbonyl (C=O) groups excluding carboxylic acids is 2. The molecule has 2 aliphatic rings. The Balaban J connectivity index is 1.29. The van der Waals surface area contributed by atoms with Crippen molar-refractivity contribution in [3.05, 3.63) is 53.6 Å². The summed E-state index contributed by atoms with van der Waals surface area (Å²) in [6.07, 6.45) is -0.0131. The van der Waals surface area contributed by atoms with E-state index in [2.05, 4.69) is 37.6 Å². The zero-order valence-corrected chi connectivity index (χ0v) is 17.9. The monoisotopic (exact) mass is 441 g/mol. The van der Waals surface area contributed by atoms with Gasteiger partial charge in [0.05, 0.1) is 18.6 Å². The first-order valence-electron chi connectivity index (χ1n) is 10.1. The number of piperazine rings is 1. The van der Waals surface area contributed by atoms with Gasteiger partial charge in [-0.2, -0.15) is 4.99 Å². The Morgan fingerprint density at radius 1 is 1.16 bits per heavy atom. The molecular weight excluding hydrogens is 418 g/mol. The van der Waals surface area contributed by atoms with Gasteiger partial charge in [0, 0.05) is 43.6 Å². The van der Waals surface area contributed by atoms with E-state index in [1.165, 1.54) is 12.8 Å². The molecule has 4 rings (SSSR count). The van der Waals surface area contributed by atoms with Crippen LogP contribution in [0.4, 0.5) is 11.4 Å². The number of rotatable bonds is 5. The minimum absolute atomic E-state index is 0.0131. The maximum Gasteiger partial charge on any atom is 0.271 e. The van der Waals surface area contributed by atoms with Gasteiger partial charge in [-0.1, -0.05) is 29.8 Å². The van der Waals surface area contributed by atoms with Crippen molar-refractivity contribution in [1.82, 2.24) is 10.2 Å². The molecule has 0 aliphatic carbocycles. The number of nitrogens with zero attached hydrogens (tertiary/aromatic N) is 3. The number of anilines is 2. The van der Waals surface area contributed by atoms with E-state index in [0.717, 1.165) is 26.2 Å². The fourth-order valence-corrected chi connectivity index (χ4v) is 3.88. The van der Waals surface area contributed by atoms with Gasteiger partial charge < -0.3 is 25.2 Å². The van der Waals surface area contributed by atoms with E-state index in [1.807, 2.05) is 18.2 Å². The van der Waals surface area contributed by atoms with E-state index in [4.69, 9.17) is 16.3 Å². The van der Waals surface area contributed by atoms with Crippen LogP contribution in [0.3, 0.4) is 0 Å². The number of halogens is 1. The summed E-state index contributed by atoms with van der Waals surface area (Å²) in [5, 5.41) is 6.34. The highest BCUT2D eigenvalue weighted by Gasteiger charge is 2.32. The summed E-state index contributed by atoms with van der Waals surface area (Å²) in [4.78, 5) is 33.3. The summed E-state index contributed by atoms with van der Waals surface area (Å²) in [6.45, 7) is 3.17. The van der Waals surface area contributed by atoms with Crippen molar-refractivity contribution in [2.45, 2.75) is 12.5 Å². The fraction of sp³-hybridized carbons (Fsp3) is 0.318. The van der Waals surface area contributed by atoms with Crippen LogP contribution in [0.25, 0.3) is 0 Å². The van der Waals surface area contributed by atoms with E-state index in [-0.39, 0.29) is 18.2 Å². The highest BCUT2D eigenvalue weighted by Crippen LogP contribution is 2.27. The van der Waals surface area contributed by atoms with E-state index < -0.39 is 6.04 Å². The zero-order chi connectivity index (χ0) is 21.8. The van der Waals surface area contributed by atoms with Gasteiger partial charge in [0.2, 0.25) is 11.9 Å². The van der Waals surface area contributed by atoms with Gasteiger partial charge in [-0.25, -0.2) is 0 Å². The van der Waals surface area contributed by atoms with Crippen LogP contribution in [0.5, 0.6) is 5.75 Å².